The van der Waals surface area contributed by atoms with Crippen molar-refractivity contribution in [2.45, 2.75) is 63.1 Å². The topological polar surface area (TPSA) is 72.2 Å². The van der Waals surface area contributed by atoms with Crippen molar-refractivity contribution in [1.29, 1.82) is 0 Å². The number of hydrogen-bond donors (Lipinski definition) is 1. The number of aromatic nitrogens is 3. The van der Waals surface area contributed by atoms with Crippen LogP contribution in [0, 0.1) is 5.41 Å². The fourth-order valence-electron chi connectivity index (χ4n) is 4.88. The Labute approximate surface area is 177 Å². The molecule has 4 heterocycles. The summed E-state index contributed by atoms with van der Waals surface area (Å²) in [4.78, 5) is 27.3. The van der Waals surface area contributed by atoms with Gasteiger partial charge in [0.15, 0.2) is 0 Å². The summed E-state index contributed by atoms with van der Waals surface area (Å²) in [7, 11) is 0. The molecule has 1 aliphatic carbocycles. The molecule has 4 aliphatic rings. The van der Waals surface area contributed by atoms with Gasteiger partial charge >= 0.3 is 5.69 Å². The molecule has 1 amide bonds. The summed E-state index contributed by atoms with van der Waals surface area (Å²) in [5.41, 5.74) is -0.475. The quantitative estimate of drug-likeness (QED) is 0.730. The summed E-state index contributed by atoms with van der Waals surface area (Å²) in [6.07, 6.45) is 9.07. The average molecular weight is 440 g/mol. The first-order valence-electron chi connectivity index (χ1n) is 10.4. The van der Waals surface area contributed by atoms with Gasteiger partial charge in [0.2, 0.25) is 5.91 Å². The summed E-state index contributed by atoms with van der Waals surface area (Å²) in [6, 6.07) is -0.728. The lowest BCUT2D eigenvalue weighted by Crippen LogP contribution is -2.43. The van der Waals surface area contributed by atoms with Crippen LogP contribution in [0.25, 0.3) is 0 Å². The number of nitrogens with one attached hydrogen (secondary N) is 1. The molecule has 1 saturated heterocycles. The first-order valence-corrected chi connectivity index (χ1v) is 10.8. The van der Waals surface area contributed by atoms with Gasteiger partial charge in [0.25, 0.3) is 5.92 Å². The molecule has 1 N–H and O–H groups in total. The minimum Gasteiger partial charge on any atom is -0.369 e. The molecule has 1 saturated carbocycles. The predicted octanol–water partition coefficient (Wildman–Crippen LogP) is 2.18. The first-order chi connectivity index (χ1) is 14.3. The van der Waals surface area contributed by atoms with Crippen molar-refractivity contribution < 1.29 is 13.6 Å². The van der Waals surface area contributed by atoms with Crippen molar-refractivity contribution in [2.75, 3.05) is 13.1 Å². The number of carbonyl (C=O) groups excluding carboxylic acids is 1. The van der Waals surface area contributed by atoms with Gasteiger partial charge < -0.3 is 10.2 Å². The summed E-state index contributed by atoms with van der Waals surface area (Å²) in [5.74, 6) is -2.68. The average Bonchev–Trinajstić information content (AvgIpc) is 3.31. The van der Waals surface area contributed by atoms with E-state index in [1.165, 1.54) is 14.1 Å². The predicted molar refractivity (Wildman–Crippen MR) is 106 cm³/mol. The van der Waals surface area contributed by atoms with E-state index in [-0.39, 0.29) is 30.1 Å². The molecule has 0 radical (unpaired) electrons. The van der Waals surface area contributed by atoms with E-state index in [2.05, 4.69) is 10.4 Å². The standard InChI is InChI=1S/C20H24ClF2N5O2/c21-15-5-2-4-14(24-15)19(7-8-19)11-27-18(30)28-13(3-1-6-16(28)25-27)17(29)26-10-9-20(22,23)12-26/h2,4-5,13-14,24H,1,3,6-12H2. The zero-order valence-electron chi connectivity index (χ0n) is 16.5. The maximum absolute atomic E-state index is 13.6. The van der Waals surface area contributed by atoms with Crippen LogP contribution in [0.2, 0.25) is 0 Å². The number of fused-ring (bicyclic) bond motifs is 1. The van der Waals surface area contributed by atoms with E-state index >= 15 is 0 Å². The van der Waals surface area contributed by atoms with Crippen molar-refractivity contribution in [1.82, 2.24) is 24.6 Å². The fourth-order valence-corrected chi connectivity index (χ4v) is 5.07. The Balaban J connectivity index is 1.39. The molecule has 2 atom stereocenters. The summed E-state index contributed by atoms with van der Waals surface area (Å²) in [6.45, 7) is -0.115. The van der Waals surface area contributed by atoms with Crippen LogP contribution in [0.4, 0.5) is 8.78 Å². The Bertz CT molecular complexity index is 994. The summed E-state index contributed by atoms with van der Waals surface area (Å²) in [5, 5.41) is 8.34. The third-order valence-electron chi connectivity index (χ3n) is 6.75. The Hall–Kier alpha value is -2.16. The number of carbonyl (C=O) groups is 1. The van der Waals surface area contributed by atoms with Crippen LogP contribution >= 0.6 is 11.6 Å². The zero-order valence-corrected chi connectivity index (χ0v) is 17.2. The zero-order chi connectivity index (χ0) is 21.1. The molecule has 2 unspecified atom stereocenters. The molecular weight excluding hydrogens is 416 g/mol. The summed E-state index contributed by atoms with van der Waals surface area (Å²) < 4.78 is 30.1. The van der Waals surface area contributed by atoms with Gasteiger partial charge in [-0.05, 0) is 31.8 Å². The number of hydrogen-bond acceptors (Lipinski definition) is 4. The monoisotopic (exact) mass is 439 g/mol. The molecule has 5 rings (SSSR count). The molecule has 10 heteroatoms. The SMILES string of the molecule is O=C(C1CCCc2nn(CC3(C4C=CC=C(Cl)N4)CC3)c(=O)n21)N1CCC(F)(F)C1. The van der Waals surface area contributed by atoms with Gasteiger partial charge in [-0.3, -0.25) is 9.36 Å². The van der Waals surface area contributed by atoms with Crippen LogP contribution in [0.5, 0.6) is 0 Å². The van der Waals surface area contributed by atoms with E-state index in [0.29, 0.717) is 36.8 Å². The molecule has 7 nitrogen and oxygen atoms in total. The maximum atomic E-state index is 13.6. The van der Waals surface area contributed by atoms with Crippen molar-refractivity contribution in [3.63, 3.8) is 0 Å². The van der Waals surface area contributed by atoms with Gasteiger partial charge in [-0.1, -0.05) is 23.8 Å². The molecule has 0 spiro atoms. The van der Waals surface area contributed by atoms with Gasteiger partial charge in [-0.25, -0.2) is 18.3 Å². The second kappa shape index (κ2) is 6.93. The van der Waals surface area contributed by atoms with E-state index in [1.807, 2.05) is 12.2 Å². The van der Waals surface area contributed by atoms with Gasteiger partial charge in [0.05, 0.1) is 19.1 Å². The van der Waals surface area contributed by atoms with E-state index in [0.717, 1.165) is 12.8 Å². The third-order valence-corrected chi connectivity index (χ3v) is 6.99. The molecule has 0 bridgehead atoms. The van der Waals surface area contributed by atoms with Crippen LogP contribution in [-0.4, -0.2) is 50.2 Å². The second-order valence-corrected chi connectivity index (χ2v) is 9.29. The number of likely N-dealkylation sites (tertiary alicyclic amines) is 1. The minimum absolute atomic E-state index is 0.0184. The van der Waals surface area contributed by atoms with Gasteiger partial charge in [0, 0.05) is 24.8 Å². The fraction of sp³-hybridized carbons (Fsp3) is 0.650. The van der Waals surface area contributed by atoms with Crippen molar-refractivity contribution in [2.24, 2.45) is 5.41 Å². The van der Waals surface area contributed by atoms with Crippen LogP contribution < -0.4 is 11.0 Å². The molecule has 0 aromatic carbocycles. The number of aryl methyl sites for hydroxylation is 1. The van der Waals surface area contributed by atoms with Crippen LogP contribution in [0.3, 0.4) is 0 Å². The lowest BCUT2D eigenvalue weighted by molar-refractivity contribution is -0.135. The highest BCUT2D eigenvalue weighted by Crippen LogP contribution is 2.51. The Morgan fingerprint density at radius 3 is 2.80 bits per heavy atom. The van der Waals surface area contributed by atoms with Gasteiger partial charge in [0.1, 0.15) is 17.0 Å². The highest BCUT2D eigenvalue weighted by molar-refractivity contribution is 6.29. The molecule has 30 heavy (non-hydrogen) atoms. The maximum Gasteiger partial charge on any atom is 0.346 e. The van der Waals surface area contributed by atoms with Gasteiger partial charge in [-0.15, -0.1) is 0 Å². The van der Waals surface area contributed by atoms with Crippen LogP contribution in [-0.2, 0) is 17.8 Å². The molecule has 1 aromatic rings. The smallest absolute Gasteiger partial charge is 0.346 e. The number of amides is 1. The summed E-state index contributed by atoms with van der Waals surface area (Å²) >= 11 is 6.11. The van der Waals surface area contributed by atoms with Crippen molar-refractivity contribution in [3.05, 3.63) is 39.7 Å². The van der Waals surface area contributed by atoms with Crippen LogP contribution in [0.15, 0.2) is 28.2 Å². The van der Waals surface area contributed by atoms with Crippen LogP contribution in [0.1, 0.15) is 44.0 Å². The number of halogens is 3. The number of allylic oxidation sites excluding steroid dienone is 2. The largest absolute Gasteiger partial charge is 0.369 e. The van der Waals surface area contributed by atoms with Crippen molar-refractivity contribution >= 4 is 17.5 Å². The molecule has 3 aliphatic heterocycles. The highest BCUT2D eigenvalue weighted by Gasteiger charge is 2.50. The number of dihydropyridines is 1. The third kappa shape index (κ3) is 3.36. The molecule has 162 valence electrons. The second-order valence-electron chi connectivity index (χ2n) is 8.88. The highest BCUT2D eigenvalue weighted by atomic mass is 35.5. The lowest BCUT2D eigenvalue weighted by Gasteiger charge is -2.27. The molecule has 2 fully saturated rings. The van der Waals surface area contributed by atoms with E-state index in [1.54, 1.807) is 6.08 Å². The van der Waals surface area contributed by atoms with Gasteiger partial charge in [-0.2, -0.15) is 5.10 Å². The number of rotatable bonds is 4. The van der Waals surface area contributed by atoms with E-state index in [9.17, 15) is 18.4 Å². The lowest BCUT2D eigenvalue weighted by atomic mass is 9.95. The normalized spacial score (nSPS) is 28.6. The minimum atomic E-state index is -2.85. The Morgan fingerprint density at radius 1 is 1.33 bits per heavy atom. The van der Waals surface area contributed by atoms with Crippen molar-refractivity contribution in [3.8, 4) is 0 Å². The number of alkyl halides is 2. The number of nitrogens with zero attached hydrogens (tertiary/aromatic N) is 4. The Kier molecular flexibility index (Phi) is 4.57. The van der Waals surface area contributed by atoms with E-state index in [4.69, 9.17) is 11.6 Å². The van der Waals surface area contributed by atoms with E-state index < -0.39 is 24.4 Å². The first kappa shape index (κ1) is 19.8. The molecular formula is C20H24ClF2N5O2. The molecule has 1 aromatic heterocycles. The Morgan fingerprint density at radius 2 is 2.13 bits per heavy atom.